The van der Waals surface area contributed by atoms with Gasteiger partial charge in [0, 0.05) is 17.5 Å². The number of aryl methyl sites for hydroxylation is 1. The number of rotatable bonds is 8. The molecule has 0 fully saturated rings. The third-order valence-corrected chi connectivity index (χ3v) is 7.56. The summed E-state index contributed by atoms with van der Waals surface area (Å²) in [6, 6.07) is 20.8. The van der Waals surface area contributed by atoms with Gasteiger partial charge in [-0.15, -0.1) is 0 Å². The summed E-state index contributed by atoms with van der Waals surface area (Å²) in [5.74, 6) is -0.939. The van der Waals surface area contributed by atoms with Crippen molar-refractivity contribution in [2.24, 2.45) is 5.92 Å². The van der Waals surface area contributed by atoms with E-state index in [1.807, 2.05) is 44.2 Å². The summed E-state index contributed by atoms with van der Waals surface area (Å²) in [5.41, 5.74) is 2.19. The molecular weight excluding hydrogens is 478 g/mol. The Labute approximate surface area is 209 Å². The molecule has 186 valence electrons. The first-order valence-corrected chi connectivity index (χ1v) is 13.1. The highest BCUT2D eigenvalue weighted by Crippen LogP contribution is 2.30. The van der Waals surface area contributed by atoms with E-state index >= 15 is 0 Å². The molecule has 0 aliphatic rings. The van der Waals surface area contributed by atoms with Crippen molar-refractivity contribution in [2.45, 2.75) is 38.1 Å². The minimum absolute atomic E-state index is 0.0649. The Hall–Kier alpha value is -3.75. The fourth-order valence-electron chi connectivity index (χ4n) is 3.83. The van der Waals surface area contributed by atoms with Gasteiger partial charge in [0.15, 0.2) is 0 Å². The molecule has 0 saturated carbocycles. The van der Waals surface area contributed by atoms with Gasteiger partial charge in [0.2, 0.25) is 10.0 Å². The molecule has 36 heavy (non-hydrogen) atoms. The number of ether oxygens (including phenoxy) is 1. The zero-order valence-corrected chi connectivity index (χ0v) is 21.0. The first kappa shape index (κ1) is 25.3. The average Bonchev–Trinajstić information content (AvgIpc) is 2.87. The Balaban J connectivity index is 1.63. The number of hydrogen-bond donors (Lipinski definition) is 1. The number of carbonyl (C=O) groups excluding carboxylic acids is 1. The third-order valence-electron chi connectivity index (χ3n) is 6.10. The minimum Gasteiger partial charge on any atom is -0.425 e. The molecule has 0 bridgehead atoms. The van der Waals surface area contributed by atoms with Gasteiger partial charge < -0.3 is 9.15 Å². The van der Waals surface area contributed by atoms with Crippen molar-refractivity contribution in [1.82, 2.24) is 4.72 Å². The molecule has 4 aromatic rings. The van der Waals surface area contributed by atoms with Gasteiger partial charge in [-0.3, -0.25) is 0 Å². The Kier molecular flexibility index (Phi) is 7.37. The molecule has 4 rings (SSSR count). The standard InChI is InChI=1S/C28H27NO6S/c1-4-19(3)27(29-36(32,33)22-13-10-18(2)11-14-22)28(31)34-21-12-15-23-24(20-8-6-5-7-9-20)17-26(30)35-25(23)16-21/h5-17,19,27,29H,4H2,1-3H3/t19-,27+/m1/s1. The topological polar surface area (TPSA) is 103 Å². The van der Waals surface area contributed by atoms with Crippen LogP contribution in [-0.4, -0.2) is 20.4 Å². The monoisotopic (exact) mass is 505 g/mol. The number of carbonyl (C=O) groups is 1. The van der Waals surface area contributed by atoms with E-state index in [1.54, 1.807) is 31.2 Å². The first-order valence-electron chi connectivity index (χ1n) is 11.6. The van der Waals surface area contributed by atoms with E-state index in [0.29, 0.717) is 17.4 Å². The molecule has 2 atom stereocenters. The maximum atomic E-state index is 13.1. The number of nitrogens with one attached hydrogen (secondary N) is 1. The third kappa shape index (κ3) is 5.56. The summed E-state index contributed by atoms with van der Waals surface area (Å²) in [6.07, 6.45) is 0.545. The van der Waals surface area contributed by atoms with Crippen LogP contribution in [0.1, 0.15) is 25.8 Å². The SMILES string of the molecule is CC[C@@H](C)[C@H](NS(=O)(=O)c1ccc(C)cc1)C(=O)Oc1ccc2c(-c3ccccc3)cc(=O)oc2c1. The first-order chi connectivity index (χ1) is 17.2. The van der Waals surface area contributed by atoms with E-state index in [2.05, 4.69) is 4.72 Å². The molecule has 0 saturated heterocycles. The smallest absolute Gasteiger partial charge is 0.336 e. The van der Waals surface area contributed by atoms with Crippen LogP contribution in [0.4, 0.5) is 0 Å². The highest BCUT2D eigenvalue weighted by Gasteiger charge is 2.31. The van der Waals surface area contributed by atoms with Crippen LogP contribution in [0.5, 0.6) is 5.75 Å². The quantitative estimate of drug-likeness (QED) is 0.204. The van der Waals surface area contributed by atoms with Gasteiger partial charge in [-0.25, -0.2) is 18.0 Å². The van der Waals surface area contributed by atoms with Crippen molar-refractivity contribution in [3.05, 3.63) is 94.8 Å². The van der Waals surface area contributed by atoms with Crippen LogP contribution in [0.15, 0.2) is 93.0 Å². The molecule has 3 aromatic carbocycles. The molecule has 0 radical (unpaired) electrons. The van der Waals surface area contributed by atoms with Gasteiger partial charge in [0.1, 0.15) is 17.4 Å². The van der Waals surface area contributed by atoms with E-state index in [0.717, 1.165) is 11.1 Å². The maximum absolute atomic E-state index is 13.1. The number of esters is 1. The Morgan fingerprint density at radius 3 is 2.36 bits per heavy atom. The maximum Gasteiger partial charge on any atom is 0.336 e. The molecule has 0 unspecified atom stereocenters. The van der Waals surface area contributed by atoms with Crippen molar-refractivity contribution in [3.8, 4) is 16.9 Å². The van der Waals surface area contributed by atoms with Crippen LogP contribution in [0.25, 0.3) is 22.1 Å². The fourth-order valence-corrected chi connectivity index (χ4v) is 5.12. The van der Waals surface area contributed by atoms with Crippen molar-refractivity contribution >= 4 is 27.0 Å². The van der Waals surface area contributed by atoms with Crippen LogP contribution in [-0.2, 0) is 14.8 Å². The van der Waals surface area contributed by atoms with Crippen molar-refractivity contribution in [1.29, 1.82) is 0 Å². The van der Waals surface area contributed by atoms with Crippen molar-refractivity contribution in [2.75, 3.05) is 0 Å². The Morgan fingerprint density at radius 2 is 1.69 bits per heavy atom. The van der Waals surface area contributed by atoms with Crippen molar-refractivity contribution < 1.29 is 22.4 Å². The summed E-state index contributed by atoms with van der Waals surface area (Å²) in [4.78, 5) is 25.4. The average molecular weight is 506 g/mol. The molecule has 8 heteroatoms. The lowest BCUT2D eigenvalue weighted by atomic mass is 10.0. The summed E-state index contributed by atoms with van der Waals surface area (Å²) >= 11 is 0. The highest BCUT2D eigenvalue weighted by molar-refractivity contribution is 7.89. The number of sulfonamides is 1. The second-order valence-corrected chi connectivity index (χ2v) is 10.4. The van der Waals surface area contributed by atoms with Gasteiger partial charge in [-0.1, -0.05) is 68.3 Å². The molecule has 0 spiro atoms. The second kappa shape index (κ2) is 10.5. The highest BCUT2D eigenvalue weighted by atomic mass is 32.2. The lowest BCUT2D eigenvalue weighted by Crippen LogP contribution is -2.46. The number of benzene rings is 3. The van der Waals surface area contributed by atoms with Gasteiger partial charge in [-0.2, -0.15) is 4.72 Å². The lowest BCUT2D eigenvalue weighted by molar-refractivity contribution is -0.137. The molecule has 0 aliphatic carbocycles. The Bertz CT molecular complexity index is 1540. The largest absolute Gasteiger partial charge is 0.425 e. The summed E-state index contributed by atoms with van der Waals surface area (Å²) < 4.78 is 39.3. The minimum atomic E-state index is -3.96. The van der Waals surface area contributed by atoms with Gasteiger partial charge >= 0.3 is 11.6 Å². The van der Waals surface area contributed by atoms with Crippen LogP contribution in [0.2, 0.25) is 0 Å². The van der Waals surface area contributed by atoms with E-state index in [4.69, 9.17) is 9.15 Å². The molecule has 1 heterocycles. The van der Waals surface area contributed by atoms with E-state index in [1.165, 1.54) is 24.3 Å². The zero-order valence-electron chi connectivity index (χ0n) is 20.2. The lowest BCUT2D eigenvalue weighted by Gasteiger charge is -2.22. The Morgan fingerprint density at radius 1 is 1.00 bits per heavy atom. The predicted molar refractivity (Wildman–Crippen MR) is 138 cm³/mol. The normalized spacial score (nSPS) is 13.3. The van der Waals surface area contributed by atoms with E-state index in [-0.39, 0.29) is 22.1 Å². The summed E-state index contributed by atoms with van der Waals surface area (Å²) in [6.45, 7) is 5.49. The summed E-state index contributed by atoms with van der Waals surface area (Å²) in [5, 5.41) is 0.680. The number of hydrogen-bond acceptors (Lipinski definition) is 6. The van der Waals surface area contributed by atoms with E-state index in [9.17, 15) is 18.0 Å². The van der Waals surface area contributed by atoms with Gasteiger partial charge in [0.05, 0.1) is 4.90 Å². The number of fused-ring (bicyclic) bond motifs is 1. The molecule has 1 N–H and O–H groups in total. The molecule has 0 aliphatic heterocycles. The second-order valence-electron chi connectivity index (χ2n) is 8.72. The predicted octanol–water partition coefficient (Wildman–Crippen LogP) is 5.07. The molecule has 7 nitrogen and oxygen atoms in total. The molecular formula is C28H27NO6S. The van der Waals surface area contributed by atoms with Crippen LogP contribution < -0.4 is 15.1 Å². The van der Waals surface area contributed by atoms with Crippen LogP contribution in [0.3, 0.4) is 0 Å². The van der Waals surface area contributed by atoms with Crippen LogP contribution in [0, 0.1) is 12.8 Å². The van der Waals surface area contributed by atoms with Gasteiger partial charge in [0.25, 0.3) is 0 Å². The van der Waals surface area contributed by atoms with E-state index < -0.39 is 27.7 Å². The van der Waals surface area contributed by atoms with Crippen molar-refractivity contribution in [3.63, 3.8) is 0 Å². The van der Waals surface area contributed by atoms with Crippen LogP contribution >= 0.6 is 0 Å². The molecule has 1 aromatic heterocycles. The summed E-state index contributed by atoms with van der Waals surface area (Å²) in [7, 11) is -3.96. The van der Waals surface area contributed by atoms with Gasteiger partial charge in [-0.05, 0) is 48.2 Å². The zero-order chi connectivity index (χ0) is 25.9. The molecule has 0 amide bonds. The fraction of sp³-hybridized carbons (Fsp3) is 0.214.